The van der Waals surface area contributed by atoms with E-state index in [1.807, 2.05) is 13.1 Å². The zero-order chi connectivity index (χ0) is 13.6. The zero-order valence-corrected chi connectivity index (χ0v) is 12.0. The molecule has 0 N–H and O–H groups in total. The summed E-state index contributed by atoms with van der Waals surface area (Å²) < 4.78 is 13.9. The van der Waals surface area contributed by atoms with Gasteiger partial charge in [0.15, 0.2) is 0 Å². The van der Waals surface area contributed by atoms with E-state index in [9.17, 15) is 4.39 Å². The van der Waals surface area contributed by atoms with Crippen LogP contribution < -0.4 is 0 Å². The van der Waals surface area contributed by atoms with Crippen LogP contribution in [0.1, 0.15) is 53.4 Å². The van der Waals surface area contributed by atoms with Gasteiger partial charge in [0.05, 0.1) is 5.54 Å². The first-order valence-corrected chi connectivity index (χ1v) is 6.88. The molecule has 0 amide bonds. The Labute approximate surface area is 110 Å². The normalized spacial score (nSPS) is 40.4. The minimum absolute atomic E-state index is 0.134. The van der Waals surface area contributed by atoms with Crippen LogP contribution in [-0.2, 0) is 0 Å². The highest BCUT2D eigenvalue weighted by Gasteiger charge is 2.43. The van der Waals surface area contributed by atoms with E-state index < -0.39 is 5.67 Å². The van der Waals surface area contributed by atoms with Crippen molar-refractivity contribution in [1.82, 2.24) is 0 Å². The lowest BCUT2D eigenvalue weighted by atomic mass is 9.69. The molecule has 0 spiro atoms. The summed E-state index contributed by atoms with van der Waals surface area (Å²) in [6, 6.07) is 0. The summed E-state index contributed by atoms with van der Waals surface area (Å²) in [5.74, 6) is 0.467. The van der Waals surface area contributed by atoms with Gasteiger partial charge < -0.3 is 0 Å². The van der Waals surface area contributed by atoms with Crippen molar-refractivity contribution in [3.63, 3.8) is 0 Å². The number of rotatable bonds is 2. The molecule has 0 aromatic heterocycles. The van der Waals surface area contributed by atoms with E-state index in [0.29, 0.717) is 18.8 Å². The number of halogens is 1. The highest BCUT2D eigenvalue weighted by atomic mass is 19.1. The summed E-state index contributed by atoms with van der Waals surface area (Å²) >= 11 is 0. The van der Waals surface area contributed by atoms with Gasteiger partial charge in [0.1, 0.15) is 5.67 Å². The van der Waals surface area contributed by atoms with Gasteiger partial charge in [-0.1, -0.05) is 6.58 Å². The van der Waals surface area contributed by atoms with Crippen molar-refractivity contribution in [2.45, 2.75) is 64.6 Å². The first-order valence-electron chi connectivity index (χ1n) is 6.88. The molecule has 2 aliphatic rings. The van der Waals surface area contributed by atoms with E-state index in [2.05, 4.69) is 20.4 Å². The molecule has 1 aliphatic carbocycles. The molecular weight excluding hydrogens is 225 g/mol. The number of alkyl halides is 1. The maximum Gasteiger partial charge on any atom is 0.108 e. The smallest absolute Gasteiger partial charge is 0.108 e. The third kappa shape index (κ3) is 2.17. The van der Waals surface area contributed by atoms with Crippen LogP contribution >= 0.6 is 0 Å². The fourth-order valence-electron chi connectivity index (χ4n) is 3.29. The molecule has 1 heterocycles. The Balaban J connectivity index is 2.20. The number of aliphatic imine (C=N–C) groups is 1. The van der Waals surface area contributed by atoms with Crippen LogP contribution in [0.15, 0.2) is 28.3 Å². The highest BCUT2D eigenvalue weighted by molar-refractivity contribution is 5.89. The molecule has 2 heteroatoms. The van der Waals surface area contributed by atoms with Crippen molar-refractivity contribution in [2.75, 3.05) is 0 Å². The number of nitrogens with zero attached hydrogens (tertiary/aromatic N) is 1. The van der Waals surface area contributed by atoms with Crippen LogP contribution in [-0.4, -0.2) is 17.4 Å². The molecule has 1 saturated carbocycles. The van der Waals surface area contributed by atoms with Gasteiger partial charge in [-0.15, -0.1) is 0 Å². The third-order valence-corrected chi connectivity index (χ3v) is 4.91. The summed E-state index contributed by atoms with van der Waals surface area (Å²) in [5, 5.41) is 0. The van der Waals surface area contributed by atoms with Crippen molar-refractivity contribution < 1.29 is 4.39 Å². The summed E-state index contributed by atoms with van der Waals surface area (Å²) in [6.07, 6.45) is 5.15. The van der Waals surface area contributed by atoms with Gasteiger partial charge in [-0.05, 0) is 76.0 Å². The van der Waals surface area contributed by atoms with E-state index in [0.717, 1.165) is 18.4 Å². The predicted molar refractivity (Wildman–Crippen MR) is 75.9 cm³/mol. The fraction of sp³-hybridized carbons (Fsp3) is 0.688. The van der Waals surface area contributed by atoms with Gasteiger partial charge in [-0.3, -0.25) is 4.99 Å². The molecule has 0 bridgehead atoms. The first-order chi connectivity index (χ1) is 8.26. The number of allylic oxidation sites excluding steroid dienone is 2. The molecular formula is C16H24FN. The summed E-state index contributed by atoms with van der Waals surface area (Å²) in [5.41, 5.74) is 2.47. The standard InChI is InChI=1S/C16H24FN/c1-11(2)14-10-18-16(5,12(14)3)13-6-8-15(4,17)9-7-13/h10,13H,1,6-9H2,2-5H3. The van der Waals surface area contributed by atoms with E-state index >= 15 is 0 Å². The lowest BCUT2D eigenvalue weighted by Crippen LogP contribution is -2.38. The Morgan fingerprint density at radius 2 is 1.94 bits per heavy atom. The second-order valence-electron chi connectivity index (χ2n) is 6.41. The Hall–Kier alpha value is -0.920. The van der Waals surface area contributed by atoms with Crippen LogP contribution in [0, 0.1) is 5.92 Å². The topological polar surface area (TPSA) is 12.4 Å². The van der Waals surface area contributed by atoms with Gasteiger partial charge >= 0.3 is 0 Å². The van der Waals surface area contributed by atoms with Crippen molar-refractivity contribution in [3.8, 4) is 0 Å². The van der Waals surface area contributed by atoms with Crippen molar-refractivity contribution in [3.05, 3.63) is 23.3 Å². The van der Waals surface area contributed by atoms with Crippen LogP contribution in [0.2, 0.25) is 0 Å². The Bertz CT molecular complexity index is 420. The van der Waals surface area contributed by atoms with Crippen LogP contribution in [0.3, 0.4) is 0 Å². The lowest BCUT2D eigenvalue weighted by molar-refractivity contribution is 0.0861. The van der Waals surface area contributed by atoms with Crippen molar-refractivity contribution in [1.29, 1.82) is 0 Å². The molecule has 0 aromatic carbocycles. The zero-order valence-electron chi connectivity index (χ0n) is 12.0. The summed E-state index contributed by atoms with van der Waals surface area (Å²) in [7, 11) is 0. The van der Waals surface area contributed by atoms with Crippen LogP contribution in [0.25, 0.3) is 0 Å². The second kappa shape index (κ2) is 4.32. The molecule has 1 nitrogen and oxygen atoms in total. The van der Waals surface area contributed by atoms with Crippen molar-refractivity contribution >= 4 is 6.21 Å². The molecule has 2 rings (SSSR count). The largest absolute Gasteiger partial charge is 0.281 e. The molecule has 1 atom stereocenters. The van der Waals surface area contributed by atoms with Gasteiger partial charge in [-0.25, -0.2) is 4.39 Å². The third-order valence-electron chi connectivity index (χ3n) is 4.91. The van der Waals surface area contributed by atoms with Gasteiger partial charge in [0.25, 0.3) is 0 Å². The minimum atomic E-state index is -0.968. The first kappa shape index (κ1) is 13.5. The van der Waals surface area contributed by atoms with E-state index in [4.69, 9.17) is 4.99 Å². The summed E-state index contributed by atoms with van der Waals surface area (Å²) in [6.45, 7) is 12.1. The van der Waals surface area contributed by atoms with Crippen molar-refractivity contribution in [2.24, 2.45) is 10.9 Å². The van der Waals surface area contributed by atoms with Crippen LogP contribution in [0.4, 0.5) is 4.39 Å². The maximum atomic E-state index is 13.9. The average molecular weight is 249 g/mol. The van der Waals surface area contributed by atoms with Crippen LogP contribution in [0.5, 0.6) is 0 Å². The molecule has 0 aromatic rings. The van der Waals surface area contributed by atoms with Gasteiger partial charge in [0, 0.05) is 6.21 Å². The fourth-order valence-corrected chi connectivity index (χ4v) is 3.29. The highest BCUT2D eigenvalue weighted by Crippen LogP contribution is 2.46. The Morgan fingerprint density at radius 1 is 1.39 bits per heavy atom. The van der Waals surface area contributed by atoms with Gasteiger partial charge in [-0.2, -0.15) is 0 Å². The summed E-state index contributed by atoms with van der Waals surface area (Å²) in [4.78, 5) is 4.74. The SMILES string of the molecule is C=C(C)C1=C(C)C(C)(C2CCC(C)(F)CC2)N=C1. The van der Waals surface area contributed by atoms with E-state index in [-0.39, 0.29) is 5.54 Å². The number of hydrogen-bond donors (Lipinski definition) is 0. The van der Waals surface area contributed by atoms with Gasteiger partial charge in [0.2, 0.25) is 0 Å². The molecule has 0 radical (unpaired) electrons. The molecule has 100 valence electrons. The van der Waals surface area contributed by atoms with E-state index in [1.54, 1.807) is 6.92 Å². The molecule has 1 aliphatic heterocycles. The lowest BCUT2D eigenvalue weighted by Gasteiger charge is -2.39. The molecule has 1 unspecified atom stereocenters. The van der Waals surface area contributed by atoms with E-state index in [1.165, 1.54) is 11.1 Å². The monoisotopic (exact) mass is 249 g/mol. The average Bonchev–Trinajstić information content (AvgIpc) is 2.56. The predicted octanol–water partition coefficient (Wildman–Crippen LogP) is 4.64. The molecule has 1 fully saturated rings. The Morgan fingerprint density at radius 3 is 2.39 bits per heavy atom. The molecule has 0 saturated heterocycles. The quantitative estimate of drug-likeness (QED) is 0.676. The number of hydrogen-bond acceptors (Lipinski definition) is 1. The Kier molecular flexibility index (Phi) is 3.25. The maximum absolute atomic E-state index is 13.9. The minimum Gasteiger partial charge on any atom is -0.281 e. The molecule has 18 heavy (non-hydrogen) atoms. The second-order valence-corrected chi connectivity index (χ2v) is 6.41.